The van der Waals surface area contributed by atoms with Crippen molar-refractivity contribution in [1.29, 1.82) is 0 Å². The number of Topliss-reactive ketones (excluding diaryl/α,β-unsaturated/α-hetero) is 1. The maximum atomic E-state index is 9.76. The molecule has 1 aromatic rings. The van der Waals surface area contributed by atoms with E-state index >= 15 is 0 Å². The van der Waals surface area contributed by atoms with Crippen LogP contribution in [0.25, 0.3) is 0 Å². The molecule has 0 aliphatic rings. The van der Waals surface area contributed by atoms with Gasteiger partial charge in [-0.3, -0.25) is 10.1 Å². The molecule has 0 aliphatic carbocycles. The Labute approximate surface area is 69.2 Å². The maximum absolute atomic E-state index is 9.76. The molecule has 3 nitrogen and oxygen atoms in total. The van der Waals surface area contributed by atoms with E-state index in [1.54, 1.807) is 11.3 Å². The number of hydrogen-bond donors (Lipinski definition) is 1. The van der Waals surface area contributed by atoms with Crippen LogP contribution in [-0.4, -0.2) is 17.6 Å². The molecule has 11 heavy (non-hydrogen) atoms. The van der Waals surface area contributed by atoms with E-state index in [2.05, 4.69) is 4.89 Å². The van der Waals surface area contributed by atoms with Crippen molar-refractivity contribution in [2.75, 3.05) is 6.61 Å². The second kappa shape index (κ2) is 7.40. The zero-order valence-electron chi connectivity index (χ0n) is 6.19. The molecule has 0 aromatic carbocycles. The highest BCUT2D eigenvalue weighted by molar-refractivity contribution is 7.07. The van der Waals surface area contributed by atoms with Crippen molar-refractivity contribution in [2.24, 2.45) is 0 Å². The summed E-state index contributed by atoms with van der Waals surface area (Å²) in [7, 11) is 0. The monoisotopic (exact) mass is 174 g/mol. The predicted molar refractivity (Wildman–Crippen MR) is 43.6 cm³/mol. The molecule has 1 rings (SSSR count). The summed E-state index contributed by atoms with van der Waals surface area (Å²) in [6.45, 7) is 1.12. The third-order valence-corrected chi connectivity index (χ3v) is 1.32. The van der Waals surface area contributed by atoms with E-state index < -0.39 is 0 Å². The first-order valence-electron chi connectivity index (χ1n) is 3.00. The summed E-state index contributed by atoms with van der Waals surface area (Å²) in [4.78, 5) is 13.2. The first kappa shape index (κ1) is 10.3. The zero-order valence-corrected chi connectivity index (χ0v) is 7.00. The summed E-state index contributed by atoms with van der Waals surface area (Å²) < 4.78 is 0. The average molecular weight is 174 g/mol. The number of ketones is 1. The Hall–Kier alpha value is -0.710. The number of carbonyl (C=O) groups excluding carboxylic acids is 1. The van der Waals surface area contributed by atoms with Gasteiger partial charge in [-0.2, -0.15) is 11.3 Å². The summed E-state index contributed by atoms with van der Waals surface area (Å²) in [5.41, 5.74) is 0. The molecule has 1 N–H and O–H groups in total. The lowest BCUT2D eigenvalue weighted by Gasteiger charge is -1.82. The molecule has 0 saturated heterocycles. The van der Waals surface area contributed by atoms with Crippen LogP contribution in [0.5, 0.6) is 0 Å². The van der Waals surface area contributed by atoms with E-state index in [4.69, 9.17) is 5.26 Å². The van der Waals surface area contributed by atoms with Gasteiger partial charge in [-0.15, -0.1) is 0 Å². The molecule has 0 fully saturated rings. The molecule has 0 bridgehead atoms. The molecule has 62 valence electrons. The summed E-state index contributed by atoms with van der Waals surface area (Å²) in [6.07, 6.45) is 0. The quantitative estimate of drug-likeness (QED) is 0.549. The first-order valence-corrected chi connectivity index (χ1v) is 3.94. The lowest BCUT2D eigenvalue weighted by Crippen LogP contribution is -1.99. The van der Waals surface area contributed by atoms with E-state index in [0.717, 1.165) is 0 Å². The molecule has 0 radical (unpaired) electrons. The molecule has 0 aliphatic heterocycles. The summed E-state index contributed by atoms with van der Waals surface area (Å²) >= 11 is 1.71. The molecule has 0 unspecified atom stereocenters. The van der Waals surface area contributed by atoms with Gasteiger partial charge in [0.1, 0.15) is 6.61 Å². The van der Waals surface area contributed by atoms with Crippen LogP contribution in [0.2, 0.25) is 0 Å². The van der Waals surface area contributed by atoms with Crippen molar-refractivity contribution in [2.45, 2.75) is 6.92 Å². The summed E-state index contributed by atoms with van der Waals surface area (Å²) in [6, 6.07) is 4.04. The van der Waals surface area contributed by atoms with Crippen molar-refractivity contribution >= 4 is 17.1 Å². The molecular formula is C7H10O3S. The topological polar surface area (TPSA) is 46.5 Å². The predicted octanol–water partition coefficient (Wildman–Crippen LogP) is 1.81. The molecular weight excluding hydrogens is 164 g/mol. The smallest absolute Gasteiger partial charge is 0.158 e. The molecule has 4 heteroatoms. The van der Waals surface area contributed by atoms with Gasteiger partial charge in [-0.05, 0) is 17.7 Å². The fourth-order valence-corrected chi connectivity index (χ4v) is 0.771. The Bertz CT molecular complexity index is 155. The van der Waals surface area contributed by atoms with Gasteiger partial charge in [0.25, 0.3) is 0 Å². The third-order valence-electron chi connectivity index (χ3n) is 0.693. The fraction of sp³-hybridized carbons (Fsp3) is 0.286. The Morgan fingerprint density at radius 1 is 1.55 bits per heavy atom. The molecule has 1 aromatic heterocycles. The van der Waals surface area contributed by atoms with Gasteiger partial charge in [0.05, 0.1) is 0 Å². The molecule has 0 spiro atoms. The molecule has 1 heterocycles. The van der Waals surface area contributed by atoms with Crippen molar-refractivity contribution in [3.8, 4) is 0 Å². The Balaban J connectivity index is 0.000000183. The van der Waals surface area contributed by atoms with Gasteiger partial charge in [-0.1, -0.05) is 12.1 Å². The van der Waals surface area contributed by atoms with Gasteiger partial charge in [0.15, 0.2) is 5.78 Å². The van der Waals surface area contributed by atoms with Crippen molar-refractivity contribution < 1.29 is 14.9 Å². The van der Waals surface area contributed by atoms with Crippen LogP contribution in [0.3, 0.4) is 0 Å². The van der Waals surface area contributed by atoms with E-state index in [1.165, 1.54) is 6.92 Å². The van der Waals surface area contributed by atoms with Crippen LogP contribution in [0.15, 0.2) is 22.9 Å². The standard InChI is InChI=1S/C4H4S.C3H6O3/c1-2-4-5-3-1;1-3(4)2-6-5/h1-4H;5H,2H2,1H3. The number of thiophene rings is 1. The highest BCUT2D eigenvalue weighted by Crippen LogP contribution is 1.91. The Morgan fingerprint density at radius 3 is 2.18 bits per heavy atom. The number of carbonyl (C=O) groups is 1. The van der Waals surface area contributed by atoms with Gasteiger partial charge in [0.2, 0.25) is 0 Å². The van der Waals surface area contributed by atoms with Crippen molar-refractivity contribution in [3.63, 3.8) is 0 Å². The minimum atomic E-state index is -0.208. The average Bonchev–Trinajstić information content (AvgIpc) is 2.41. The zero-order chi connectivity index (χ0) is 8.53. The molecule has 0 saturated carbocycles. The number of hydrogen-bond acceptors (Lipinski definition) is 4. The van der Waals surface area contributed by atoms with Crippen LogP contribution in [-0.2, 0) is 9.68 Å². The number of rotatable bonds is 2. The lowest BCUT2D eigenvalue weighted by molar-refractivity contribution is -0.237. The van der Waals surface area contributed by atoms with Crippen LogP contribution in [0.4, 0.5) is 0 Å². The minimum Gasteiger partial charge on any atom is -0.297 e. The van der Waals surface area contributed by atoms with E-state index in [0.29, 0.717) is 0 Å². The highest BCUT2D eigenvalue weighted by atomic mass is 32.1. The SMILES string of the molecule is CC(=O)COO.c1ccsc1. The van der Waals surface area contributed by atoms with E-state index in [-0.39, 0.29) is 12.4 Å². The first-order chi connectivity index (χ1) is 5.27. The van der Waals surface area contributed by atoms with Gasteiger partial charge in [0, 0.05) is 0 Å². The molecule has 0 atom stereocenters. The Kier molecular flexibility index (Phi) is 6.92. The summed E-state index contributed by atoms with van der Waals surface area (Å²) in [5, 5.41) is 11.6. The largest absolute Gasteiger partial charge is 0.297 e. The minimum absolute atomic E-state index is 0.183. The van der Waals surface area contributed by atoms with Gasteiger partial charge < -0.3 is 0 Å². The third kappa shape index (κ3) is 9.29. The van der Waals surface area contributed by atoms with E-state index in [1.807, 2.05) is 22.9 Å². The van der Waals surface area contributed by atoms with E-state index in [9.17, 15) is 4.79 Å². The summed E-state index contributed by atoms with van der Waals surface area (Å²) in [5.74, 6) is -0.183. The van der Waals surface area contributed by atoms with Gasteiger partial charge >= 0.3 is 0 Å². The van der Waals surface area contributed by atoms with Crippen LogP contribution >= 0.6 is 11.3 Å². The maximum Gasteiger partial charge on any atom is 0.158 e. The normalized spacial score (nSPS) is 8.18. The lowest BCUT2D eigenvalue weighted by atomic mass is 10.5. The van der Waals surface area contributed by atoms with Crippen molar-refractivity contribution in [1.82, 2.24) is 0 Å². The highest BCUT2D eigenvalue weighted by Gasteiger charge is 1.85. The van der Waals surface area contributed by atoms with Crippen molar-refractivity contribution in [3.05, 3.63) is 22.9 Å². The second-order valence-corrected chi connectivity index (χ2v) is 2.59. The fourth-order valence-electron chi connectivity index (χ4n) is 0.318. The van der Waals surface area contributed by atoms with Gasteiger partial charge in [-0.25, -0.2) is 4.89 Å². The van der Waals surface area contributed by atoms with Crippen LogP contribution in [0.1, 0.15) is 6.92 Å². The Morgan fingerprint density at radius 2 is 2.09 bits per heavy atom. The van der Waals surface area contributed by atoms with Crippen LogP contribution < -0.4 is 0 Å². The molecule has 0 amide bonds. The van der Waals surface area contributed by atoms with Crippen LogP contribution in [0, 0.1) is 0 Å². The second-order valence-electron chi connectivity index (χ2n) is 1.77.